The first-order valence-corrected chi connectivity index (χ1v) is 7.17. The normalized spacial score (nSPS) is 16.3. The second-order valence-corrected chi connectivity index (χ2v) is 5.41. The summed E-state index contributed by atoms with van der Waals surface area (Å²) >= 11 is 3.45. The van der Waals surface area contributed by atoms with Crippen molar-refractivity contribution < 1.29 is 14.3 Å². The van der Waals surface area contributed by atoms with Crippen molar-refractivity contribution in [1.29, 1.82) is 0 Å². The van der Waals surface area contributed by atoms with Crippen molar-refractivity contribution in [2.24, 2.45) is 0 Å². The van der Waals surface area contributed by atoms with E-state index in [0.29, 0.717) is 26.1 Å². The lowest BCUT2D eigenvalue weighted by Crippen LogP contribution is -2.40. The van der Waals surface area contributed by atoms with E-state index in [4.69, 9.17) is 9.47 Å². The maximum Gasteiger partial charge on any atom is 0.252 e. The smallest absolute Gasteiger partial charge is 0.252 e. The highest BCUT2D eigenvalue weighted by atomic mass is 79.9. The predicted octanol–water partition coefficient (Wildman–Crippen LogP) is 2.60. The van der Waals surface area contributed by atoms with E-state index in [1.165, 1.54) is 0 Å². The quantitative estimate of drug-likeness (QED) is 0.856. The van der Waals surface area contributed by atoms with E-state index in [9.17, 15) is 4.79 Å². The number of carbonyl (C=O) groups is 1. The van der Waals surface area contributed by atoms with E-state index in [0.717, 1.165) is 15.8 Å². The van der Waals surface area contributed by atoms with Gasteiger partial charge in [-0.25, -0.2) is 0 Å². The summed E-state index contributed by atoms with van der Waals surface area (Å²) in [5, 5.41) is 0. The van der Waals surface area contributed by atoms with Gasteiger partial charge in [-0.05, 0) is 24.6 Å². The highest BCUT2D eigenvalue weighted by Gasteiger charge is 2.25. The van der Waals surface area contributed by atoms with E-state index in [1.807, 2.05) is 25.1 Å². The molecule has 1 aromatic carbocycles. The van der Waals surface area contributed by atoms with Crippen molar-refractivity contribution in [1.82, 2.24) is 4.90 Å². The van der Waals surface area contributed by atoms with E-state index in [2.05, 4.69) is 15.9 Å². The fourth-order valence-electron chi connectivity index (χ4n) is 2.20. The van der Waals surface area contributed by atoms with Crippen LogP contribution < -0.4 is 4.74 Å². The zero-order valence-electron chi connectivity index (χ0n) is 11.2. The average molecular weight is 328 g/mol. The molecule has 104 valence electrons. The van der Waals surface area contributed by atoms with E-state index in [-0.39, 0.29) is 12.0 Å². The number of benzene rings is 1. The number of methoxy groups -OCH3 is 1. The number of rotatable bonds is 3. The maximum atomic E-state index is 12.3. The first kappa shape index (κ1) is 14.3. The van der Waals surface area contributed by atoms with Crippen molar-refractivity contribution in [3.8, 4) is 5.75 Å². The molecule has 0 saturated heterocycles. The summed E-state index contributed by atoms with van der Waals surface area (Å²) in [5.74, 6) is 0.880. The number of hydrogen-bond acceptors (Lipinski definition) is 3. The number of amides is 1. The predicted molar refractivity (Wildman–Crippen MR) is 76.1 cm³/mol. The average Bonchev–Trinajstić information content (AvgIpc) is 2.61. The maximum absolute atomic E-state index is 12.3. The molecular formula is C14H18BrNO3. The number of nitrogens with zero attached hydrogens (tertiary/aromatic N) is 1. The zero-order valence-corrected chi connectivity index (χ0v) is 12.8. The molecule has 1 aliphatic rings. The van der Waals surface area contributed by atoms with Gasteiger partial charge in [0.25, 0.3) is 5.91 Å². The molecule has 5 heteroatoms. The Bertz CT molecular complexity index is 460. The van der Waals surface area contributed by atoms with E-state index < -0.39 is 0 Å². The SMILES string of the molecule is CC[C@@H](OC)C(=O)N1CCOc2ccc(Br)cc2C1. The fourth-order valence-corrected chi connectivity index (χ4v) is 2.61. The number of ether oxygens (including phenoxy) is 2. The molecule has 1 aliphatic heterocycles. The van der Waals surface area contributed by atoms with Crippen molar-refractivity contribution in [3.05, 3.63) is 28.2 Å². The van der Waals surface area contributed by atoms with Gasteiger partial charge < -0.3 is 14.4 Å². The number of hydrogen-bond donors (Lipinski definition) is 0. The first-order chi connectivity index (χ1) is 9.15. The lowest BCUT2D eigenvalue weighted by atomic mass is 10.1. The Morgan fingerprint density at radius 3 is 3.05 bits per heavy atom. The molecule has 4 nitrogen and oxygen atoms in total. The number of fused-ring (bicyclic) bond motifs is 1. The van der Waals surface area contributed by atoms with Gasteiger partial charge in [-0.2, -0.15) is 0 Å². The third-order valence-corrected chi connectivity index (χ3v) is 3.74. The summed E-state index contributed by atoms with van der Waals surface area (Å²) in [6.07, 6.45) is 0.312. The standard InChI is InChI=1S/C14H18BrNO3/c1-3-12(18-2)14(17)16-6-7-19-13-5-4-11(15)8-10(13)9-16/h4-5,8,12H,3,6-7,9H2,1-2H3/t12-/m1/s1. The highest BCUT2D eigenvalue weighted by molar-refractivity contribution is 9.10. The molecule has 0 aromatic heterocycles. The zero-order chi connectivity index (χ0) is 13.8. The minimum absolute atomic E-state index is 0.0291. The van der Waals surface area contributed by atoms with Gasteiger partial charge in [-0.15, -0.1) is 0 Å². The van der Waals surface area contributed by atoms with Crippen LogP contribution in [-0.2, 0) is 16.1 Å². The van der Waals surface area contributed by atoms with Crippen molar-refractivity contribution in [2.45, 2.75) is 26.0 Å². The molecule has 0 fully saturated rings. The third kappa shape index (κ3) is 3.28. The first-order valence-electron chi connectivity index (χ1n) is 6.38. The lowest BCUT2D eigenvalue weighted by Gasteiger charge is -2.24. The molecule has 0 aliphatic carbocycles. The van der Waals surface area contributed by atoms with Crippen molar-refractivity contribution in [2.75, 3.05) is 20.3 Å². The van der Waals surface area contributed by atoms with Crippen molar-refractivity contribution >= 4 is 21.8 Å². The Labute approximate surface area is 121 Å². The Kier molecular flexibility index (Phi) is 4.82. The fraction of sp³-hybridized carbons (Fsp3) is 0.500. The topological polar surface area (TPSA) is 38.8 Å². The van der Waals surface area contributed by atoms with Gasteiger partial charge in [0.05, 0.1) is 6.54 Å². The van der Waals surface area contributed by atoms with Gasteiger partial charge >= 0.3 is 0 Å². The molecule has 1 aromatic rings. The molecule has 19 heavy (non-hydrogen) atoms. The van der Waals surface area contributed by atoms with E-state index in [1.54, 1.807) is 12.0 Å². The summed E-state index contributed by atoms with van der Waals surface area (Å²) in [4.78, 5) is 14.1. The lowest BCUT2D eigenvalue weighted by molar-refractivity contribution is -0.142. The van der Waals surface area contributed by atoms with Crippen LogP contribution in [0.1, 0.15) is 18.9 Å². The molecule has 2 rings (SSSR count). The summed E-state index contributed by atoms with van der Waals surface area (Å²) in [5.41, 5.74) is 1.02. The van der Waals surface area contributed by atoms with Gasteiger partial charge in [0.15, 0.2) is 0 Å². The Hall–Kier alpha value is -1.07. The van der Waals surface area contributed by atoms with Gasteiger partial charge in [-0.1, -0.05) is 22.9 Å². The highest BCUT2D eigenvalue weighted by Crippen LogP contribution is 2.27. The van der Waals surface area contributed by atoms with Crippen LogP contribution in [0.2, 0.25) is 0 Å². The Morgan fingerprint density at radius 2 is 2.37 bits per heavy atom. The van der Waals surface area contributed by atoms with Crippen LogP contribution in [0.15, 0.2) is 22.7 Å². The molecule has 0 saturated carbocycles. The van der Waals surface area contributed by atoms with Crippen LogP contribution in [-0.4, -0.2) is 37.2 Å². The van der Waals surface area contributed by atoms with Crippen LogP contribution in [0.4, 0.5) is 0 Å². The molecule has 0 N–H and O–H groups in total. The molecule has 0 spiro atoms. The molecular weight excluding hydrogens is 310 g/mol. The minimum atomic E-state index is -0.367. The summed E-state index contributed by atoms with van der Waals surface area (Å²) in [6.45, 7) is 3.61. The molecule has 1 atom stereocenters. The molecule has 0 bridgehead atoms. The van der Waals surface area contributed by atoms with Crippen LogP contribution in [0, 0.1) is 0 Å². The third-order valence-electron chi connectivity index (χ3n) is 3.24. The molecule has 0 radical (unpaired) electrons. The van der Waals surface area contributed by atoms with E-state index >= 15 is 0 Å². The van der Waals surface area contributed by atoms with Crippen LogP contribution in [0.25, 0.3) is 0 Å². The van der Waals surface area contributed by atoms with Gasteiger partial charge in [0, 0.05) is 23.7 Å². The van der Waals surface area contributed by atoms with Crippen LogP contribution >= 0.6 is 15.9 Å². The Balaban J connectivity index is 2.19. The molecule has 1 heterocycles. The summed E-state index contributed by atoms with van der Waals surface area (Å²) < 4.78 is 11.9. The minimum Gasteiger partial charge on any atom is -0.491 e. The van der Waals surface area contributed by atoms with Gasteiger partial charge in [0.1, 0.15) is 18.5 Å². The number of carbonyl (C=O) groups excluding carboxylic acids is 1. The second kappa shape index (κ2) is 6.39. The van der Waals surface area contributed by atoms with Gasteiger partial charge in [0.2, 0.25) is 0 Å². The van der Waals surface area contributed by atoms with Crippen LogP contribution in [0.5, 0.6) is 5.75 Å². The Morgan fingerprint density at radius 1 is 1.58 bits per heavy atom. The molecule has 0 unspecified atom stereocenters. The second-order valence-electron chi connectivity index (χ2n) is 4.49. The number of halogens is 1. The monoisotopic (exact) mass is 327 g/mol. The molecule has 1 amide bonds. The summed E-state index contributed by atoms with van der Waals surface area (Å²) in [6, 6.07) is 5.87. The van der Waals surface area contributed by atoms with Gasteiger partial charge in [-0.3, -0.25) is 4.79 Å². The van der Waals surface area contributed by atoms with Crippen LogP contribution in [0.3, 0.4) is 0 Å². The largest absolute Gasteiger partial charge is 0.491 e. The summed E-state index contributed by atoms with van der Waals surface area (Å²) in [7, 11) is 1.57. The van der Waals surface area contributed by atoms with Crippen molar-refractivity contribution in [3.63, 3.8) is 0 Å².